The highest BCUT2D eigenvalue weighted by Gasteiger charge is 2.14. The third kappa shape index (κ3) is 3.28. The van der Waals surface area contributed by atoms with Gasteiger partial charge in [-0.25, -0.2) is 19.2 Å². The van der Waals surface area contributed by atoms with Crippen molar-refractivity contribution in [3.63, 3.8) is 0 Å². The Labute approximate surface area is 172 Å². The number of nitrogens with zero attached hydrogens (tertiary/aromatic N) is 7. The molecule has 0 fully saturated rings. The van der Waals surface area contributed by atoms with Gasteiger partial charge in [0.15, 0.2) is 23.7 Å². The summed E-state index contributed by atoms with van der Waals surface area (Å²) < 4.78 is 3.44. The van der Waals surface area contributed by atoms with Gasteiger partial charge in [0, 0.05) is 0 Å². The fourth-order valence-corrected chi connectivity index (χ4v) is 3.29. The highest BCUT2D eigenvalue weighted by molar-refractivity contribution is 5.98. The van der Waals surface area contributed by atoms with E-state index in [0.29, 0.717) is 11.5 Å². The fraction of sp³-hybridized carbons (Fsp3) is 0.136. The second kappa shape index (κ2) is 7.40. The van der Waals surface area contributed by atoms with Gasteiger partial charge in [-0.1, -0.05) is 47.6 Å². The van der Waals surface area contributed by atoms with Crippen molar-refractivity contribution in [1.29, 1.82) is 0 Å². The first-order valence-electron chi connectivity index (χ1n) is 9.56. The van der Waals surface area contributed by atoms with Gasteiger partial charge in [-0.15, -0.1) is 5.10 Å². The Morgan fingerprint density at radius 2 is 1.93 bits per heavy atom. The van der Waals surface area contributed by atoms with Crippen molar-refractivity contribution in [2.75, 3.05) is 0 Å². The summed E-state index contributed by atoms with van der Waals surface area (Å²) in [6.07, 6.45) is 3.40. The summed E-state index contributed by atoms with van der Waals surface area (Å²) in [5.74, 6) is 0.525. The Bertz CT molecular complexity index is 1370. The summed E-state index contributed by atoms with van der Waals surface area (Å²) in [5, 5.41) is 13.9. The van der Waals surface area contributed by atoms with Gasteiger partial charge in [0.25, 0.3) is 0 Å². The number of hydrogen-bond acceptors (Lipinski definition) is 6. The first-order valence-corrected chi connectivity index (χ1v) is 9.56. The fourth-order valence-electron chi connectivity index (χ4n) is 3.29. The third-order valence-electron chi connectivity index (χ3n) is 4.78. The molecule has 5 rings (SSSR count). The number of aromatic nitrogens is 6. The standard InChI is InChI=1S/C22H19N7O/c1-15-7-6-10-18(11-15)29-21-19(12-24-29)22-25-20(26-28(22)14-23-21)13-30-27-16(2)17-8-4-3-5-9-17/h3-12,14H,13H2,1-2H3. The summed E-state index contributed by atoms with van der Waals surface area (Å²) in [6, 6.07) is 18.0. The second-order valence-electron chi connectivity index (χ2n) is 6.99. The third-order valence-corrected chi connectivity index (χ3v) is 4.78. The lowest BCUT2D eigenvalue weighted by atomic mass is 10.1. The van der Waals surface area contributed by atoms with Crippen molar-refractivity contribution in [3.05, 3.63) is 84.1 Å². The van der Waals surface area contributed by atoms with Crippen molar-refractivity contribution in [2.24, 2.45) is 5.16 Å². The van der Waals surface area contributed by atoms with Crippen molar-refractivity contribution in [3.8, 4) is 5.69 Å². The molecule has 0 bridgehead atoms. The quantitative estimate of drug-likeness (QED) is 0.333. The van der Waals surface area contributed by atoms with Crippen molar-refractivity contribution < 1.29 is 4.84 Å². The Morgan fingerprint density at radius 3 is 2.77 bits per heavy atom. The van der Waals surface area contributed by atoms with E-state index in [0.717, 1.165) is 33.6 Å². The van der Waals surface area contributed by atoms with Gasteiger partial charge in [-0.05, 0) is 37.1 Å². The zero-order chi connectivity index (χ0) is 20.5. The minimum atomic E-state index is 0.166. The second-order valence-corrected chi connectivity index (χ2v) is 6.99. The number of rotatable bonds is 5. The maximum absolute atomic E-state index is 5.47. The van der Waals surface area contributed by atoms with Crippen LogP contribution in [0.25, 0.3) is 22.4 Å². The molecule has 0 N–H and O–H groups in total. The van der Waals surface area contributed by atoms with Crippen molar-refractivity contribution >= 4 is 22.4 Å². The molecule has 8 nitrogen and oxygen atoms in total. The zero-order valence-electron chi connectivity index (χ0n) is 16.6. The van der Waals surface area contributed by atoms with Crippen LogP contribution in [0.5, 0.6) is 0 Å². The molecule has 0 amide bonds. The van der Waals surface area contributed by atoms with Crippen LogP contribution in [-0.4, -0.2) is 35.1 Å². The molecule has 30 heavy (non-hydrogen) atoms. The van der Waals surface area contributed by atoms with Crippen LogP contribution in [0.15, 0.2) is 72.3 Å². The van der Waals surface area contributed by atoms with E-state index in [1.165, 1.54) is 0 Å². The van der Waals surface area contributed by atoms with E-state index in [-0.39, 0.29) is 6.61 Å². The number of aryl methyl sites for hydroxylation is 1. The molecular formula is C22H19N7O. The predicted molar refractivity (Wildman–Crippen MR) is 114 cm³/mol. The molecule has 8 heteroatoms. The summed E-state index contributed by atoms with van der Waals surface area (Å²) >= 11 is 0. The van der Waals surface area contributed by atoms with Gasteiger partial charge in [-0.2, -0.15) is 5.10 Å². The van der Waals surface area contributed by atoms with Crippen LogP contribution in [0.1, 0.15) is 23.9 Å². The molecule has 0 aliphatic rings. The monoisotopic (exact) mass is 397 g/mol. The number of oxime groups is 1. The van der Waals surface area contributed by atoms with Crippen molar-refractivity contribution in [1.82, 2.24) is 29.4 Å². The van der Waals surface area contributed by atoms with Gasteiger partial charge in [0.1, 0.15) is 6.33 Å². The summed E-state index contributed by atoms with van der Waals surface area (Å²) in [7, 11) is 0. The molecule has 0 aliphatic heterocycles. The van der Waals surface area contributed by atoms with Crippen LogP contribution in [0, 0.1) is 6.92 Å². The van der Waals surface area contributed by atoms with Gasteiger partial charge < -0.3 is 4.84 Å². The SMILES string of the molecule is CC(=NOCc1nc2c3cnn(-c4cccc(C)c4)c3ncn2n1)c1ccccc1. The average Bonchev–Trinajstić information content (AvgIpc) is 3.38. The number of benzene rings is 2. The molecule has 0 unspecified atom stereocenters. The molecule has 148 valence electrons. The zero-order valence-corrected chi connectivity index (χ0v) is 16.6. The minimum absolute atomic E-state index is 0.166. The normalized spacial score (nSPS) is 12.0. The molecule has 3 heterocycles. The van der Waals surface area contributed by atoms with Gasteiger partial charge in [0.2, 0.25) is 0 Å². The van der Waals surface area contributed by atoms with Gasteiger partial charge in [-0.3, -0.25) is 0 Å². The van der Waals surface area contributed by atoms with Crippen LogP contribution in [0.2, 0.25) is 0 Å². The van der Waals surface area contributed by atoms with Crippen LogP contribution in [-0.2, 0) is 11.4 Å². The van der Waals surface area contributed by atoms with E-state index in [1.807, 2.05) is 62.4 Å². The van der Waals surface area contributed by atoms with Crippen LogP contribution >= 0.6 is 0 Å². The number of hydrogen-bond donors (Lipinski definition) is 0. The molecule has 0 atom stereocenters. The summed E-state index contributed by atoms with van der Waals surface area (Å²) in [5.41, 5.74) is 5.33. The maximum atomic E-state index is 5.47. The Morgan fingerprint density at radius 1 is 1.07 bits per heavy atom. The average molecular weight is 397 g/mol. The maximum Gasteiger partial charge on any atom is 0.192 e. The van der Waals surface area contributed by atoms with E-state index in [9.17, 15) is 0 Å². The highest BCUT2D eigenvalue weighted by atomic mass is 16.6. The molecule has 0 saturated carbocycles. The molecule has 2 aromatic carbocycles. The lowest BCUT2D eigenvalue weighted by Gasteiger charge is -2.03. The summed E-state index contributed by atoms with van der Waals surface area (Å²) in [4.78, 5) is 14.6. The highest BCUT2D eigenvalue weighted by Crippen LogP contribution is 2.20. The molecular weight excluding hydrogens is 378 g/mol. The van der Waals surface area contributed by atoms with Crippen LogP contribution < -0.4 is 0 Å². The van der Waals surface area contributed by atoms with E-state index < -0.39 is 0 Å². The van der Waals surface area contributed by atoms with E-state index in [1.54, 1.807) is 21.7 Å². The van der Waals surface area contributed by atoms with Crippen LogP contribution in [0.3, 0.4) is 0 Å². The molecule has 0 radical (unpaired) electrons. The van der Waals surface area contributed by atoms with E-state index in [2.05, 4.69) is 31.4 Å². The smallest absolute Gasteiger partial charge is 0.192 e. The minimum Gasteiger partial charge on any atom is -0.387 e. The molecule has 5 aromatic rings. The van der Waals surface area contributed by atoms with Gasteiger partial charge >= 0.3 is 0 Å². The topological polar surface area (TPSA) is 82.5 Å². The van der Waals surface area contributed by atoms with Crippen molar-refractivity contribution in [2.45, 2.75) is 20.5 Å². The Balaban J connectivity index is 1.43. The Kier molecular flexibility index (Phi) is 4.44. The number of fused-ring (bicyclic) bond motifs is 3. The molecule has 0 aliphatic carbocycles. The molecule has 0 spiro atoms. The first kappa shape index (κ1) is 18.0. The lowest BCUT2D eigenvalue weighted by molar-refractivity contribution is 0.125. The van der Waals surface area contributed by atoms with Crippen LogP contribution in [0.4, 0.5) is 0 Å². The lowest BCUT2D eigenvalue weighted by Crippen LogP contribution is -1.99. The van der Waals surface area contributed by atoms with Gasteiger partial charge in [0.05, 0.1) is 23.0 Å². The largest absolute Gasteiger partial charge is 0.387 e. The Hall–Kier alpha value is -4.07. The van der Waals surface area contributed by atoms with E-state index >= 15 is 0 Å². The van der Waals surface area contributed by atoms with E-state index in [4.69, 9.17) is 4.84 Å². The first-order chi connectivity index (χ1) is 14.7. The summed E-state index contributed by atoms with van der Waals surface area (Å²) in [6.45, 7) is 4.12. The molecule has 0 saturated heterocycles. The predicted octanol–water partition coefficient (Wildman–Crippen LogP) is 3.71. The molecule has 3 aromatic heterocycles.